The molecule has 0 aliphatic rings. The van der Waals surface area contributed by atoms with Crippen LogP contribution in [0.25, 0.3) is 21.5 Å². The molecule has 0 spiro atoms. The van der Waals surface area contributed by atoms with Crippen molar-refractivity contribution >= 4 is 33.4 Å². The Morgan fingerprint density at radius 2 is 1.47 bits per heavy atom. The molecule has 0 aliphatic heterocycles. The summed E-state index contributed by atoms with van der Waals surface area (Å²) in [6, 6.07) is 19.8. The number of hydrogen-bond acceptors (Lipinski definition) is 4. The molecular weight excluding hydrogens is 404 g/mol. The van der Waals surface area contributed by atoms with E-state index in [4.69, 9.17) is 0 Å². The normalized spacial score (nSPS) is 10.9. The minimum Gasteiger partial charge on any atom is -0.267 e. The second-order valence-corrected chi connectivity index (χ2v) is 7.56. The number of hydrogen-bond donors (Lipinski definition) is 2. The highest BCUT2D eigenvalue weighted by Crippen LogP contribution is 2.18. The Morgan fingerprint density at radius 1 is 0.812 bits per heavy atom. The lowest BCUT2D eigenvalue weighted by Gasteiger charge is -2.12. The average molecular weight is 428 g/mol. The molecule has 162 valence electrons. The number of carbonyl (C=O) groups is 2. The molecule has 0 radical (unpaired) electrons. The molecule has 32 heavy (non-hydrogen) atoms. The van der Waals surface area contributed by atoms with Gasteiger partial charge in [-0.05, 0) is 29.3 Å². The van der Waals surface area contributed by atoms with Crippen molar-refractivity contribution in [1.29, 1.82) is 0 Å². The van der Waals surface area contributed by atoms with Gasteiger partial charge in [0.1, 0.15) is 0 Å². The van der Waals surface area contributed by atoms with Crippen molar-refractivity contribution in [1.82, 2.24) is 20.6 Å². The van der Waals surface area contributed by atoms with E-state index < -0.39 is 11.8 Å². The van der Waals surface area contributed by atoms with Crippen LogP contribution in [0.2, 0.25) is 0 Å². The Balaban J connectivity index is 1.60. The number of nitrogens with zero attached hydrogens (tertiary/aromatic N) is 2. The number of aromatic nitrogens is 2. The van der Waals surface area contributed by atoms with Crippen LogP contribution in [0.1, 0.15) is 47.0 Å². The molecule has 2 amide bonds. The predicted molar refractivity (Wildman–Crippen MR) is 124 cm³/mol. The van der Waals surface area contributed by atoms with Crippen LogP contribution in [-0.4, -0.2) is 21.6 Å². The molecule has 0 unspecified atom stereocenters. The Labute approximate surface area is 185 Å². The van der Waals surface area contributed by atoms with Gasteiger partial charge in [0.25, 0.3) is 17.4 Å². The van der Waals surface area contributed by atoms with Crippen LogP contribution in [0.5, 0.6) is 0 Å². The number of benzene rings is 3. The number of nitrogens with one attached hydrogen (secondary N) is 2. The topological polar surface area (TPSA) is 93.1 Å². The molecule has 7 nitrogen and oxygen atoms in total. The van der Waals surface area contributed by atoms with Gasteiger partial charge in [0.05, 0.1) is 5.39 Å². The van der Waals surface area contributed by atoms with Crippen molar-refractivity contribution < 1.29 is 9.59 Å². The van der Waals surface area contributed by atoms with E-state index in [-0.39, 0.29) is 11.3 Å². The fourth-order valence-corrected chi connectivity index (χ4v) is 3.73. The smallest absolute Gasteiger partial charge is 0.267 e. The first-order valence-corrected chi connectivity index (χ1v) is 10.7. The lowest BCUT2D eigenvalue weighted by Crippen LogP contribution is -2.42. The maximum absolute atomic E-state index is 12.9. The molecule has 4 aromatic rings. The van der Waals surface area contributed by atoms with Crippen LogP contribution in [0.4, 0.5) is 0 Å². The van der Waals surface area contributed by atoms with Crippen molar-refractivity contribution in [3.63, 3.8) is 0 Å². The SMILES string of the molecule is CCCCCn1nc(C(=O)NNC(=O)c2cccc3ccccc23)c2ccccc2c1=O. The van der Waals surface area contributed by atoms with E-state index in [2.05, 4.69) is 22.9 Å². The zero-order valence-electron chi connectivity index (χ0n) is 17.8. The van der Waals surface area contributed by atoms with Crippen molar-refractivity contribution in [3.05, 3.63) is 88.3 Å². The van der Waals surface area contributed by atoms with Gasteiger partial charge in [-0.1, -0.05) is 74.4 Å². The molecule has 4 rings (SSSR count). The Bertz CT molecular complexity index is 1360. The zero-order valence-corrected chi connectivity index (χ0v) is 17.8. The first-order valence-electron chi connectivity index (χ1n) is 10.7. The number of fused-ring (bicyclic) bond motifs is 2. The first kappa shape index (κ1) is 21.2. The zero-order chi connectivity index (χ0) is 22.5. The summed E-state index contributed by atoms with van der Waals surface area (Å²) in [7, 11) is 0. The summed E-state index contributed by atoms with van der Waals surface area (Å²) in [5.41, 5.74) is 5.24. The van der Waals surface area contributed by atoms with Crippen molar-refractivity contribution in [3.8, 4) is 0 Å². The molecule has 0 bridgehead atoms. The highest BCUT2D eigenvalue weighted by Gasteiger charge is 2.18. The molecule has 1 heterocycles. The third-order valence-electron chi connectivity index (χ3n) is 5.38. The molecule has 3 aromatic carbocycles. The van der Waals surface area contributed by atoms with Gasteiger partial charge in [-0.2, -0.15) is 5.10 Å². The number of amides is 2. The molecule has 1 aromatic heterocycles. The number of carbonyl (C=O) groups excluding carboxylic acids is 2. The van der Waals surface area contributed by atoms with Gasteiger partial charge in [0.2, 0.25) is 0 Å². The largest absolute Gasteiger partial charge is 0.290 e. The lowest BCUT2D eigenvalue weighted by atomic mass is 10.0. The van der Waals surface area contributed by atoms with E-state index in [1.54, 1.807) is 36.4 Å². The maximum Gasteiger partial charge on any atom is 0.290 e. The first-order chi connectivity index (χ1) is 15.6. The molecule has 2 N–H and O–H groups in total. The molecular formula is C25H24N4O3. The van der Waals surface area contributed by atoms with Gasteiger partial charge < -0.3 is 0 Å². The van der Waals surface area contributed by atoms with Crippen LogP contribution in [0.3, 0.4) is 0 Å². The predicted octanol–water partition coefficient (Wildman–Crippen LogP) is 3.81. The molecule has 0 atom stereocenters. The van der Waals surface area contributed by atoms with Crippen molar-refractivity contribution in [2.24, 2.45) is 0 Å². The van der Waals surface area contributed by atoms with Crippen molar-refractivity contribution in [2.45, 2.75) is 32.7 Å². The lowest BCUT2D eigenvalue weighted by molar-refractivity contribution is 0.0844. The number of aryl methyl sites for hydroxylation is 1. The second-order valence-electron chi connectivity index (χ2n) is 7.56. The summed E-state index contributed by atoms with van der Waals surface area (Å²) in [6.45, 7) is 2.51. The van der Waals surface area contributed by atoms with Crippen LogP contribution in [0.15, 0.2) is 71.5 Å². The van der Waals surface area contributed by atoms with Gasteiger partial charge in [0.15, 0.2) is 5.69 Å². The van der Waals surface area contributed by atoms with Gasteiger partial charge in [-0.3, -0.25) is 25.2 Å². The maximum atomic E-state index is 12.9. The number of unbranched alkanes of at least 4 members (excludes halogenated alkanes) is 2. The van der Waals surface area contributed by atoms with Gasteiger partial charge >= 0.3 is 0 Å². The second kappa shape index (κ2) is 9.43. The fourth-order valence-electron chi connectivity index (χ4n) is 3.73. The number of rotatable bonds is 6. The van der Waals surface area contributed by atoms with E-state index in [1.807, 2.05) is 30.3 Å². The highest BCUT2D eigenvalue weighted by molar-refractivity contribution is 6.09. The Kier molecular flexibility index (Phi) is 6.26. The van der Waals surface area contributed by atoms with Crippen molar-refractivity contribution in [2.75, 3.05) is 0 Å². The van der Waals surface area contributed by atoms with E-state index in [0.717, 1.165) is 30.0 Å². The van der Waals surface area contributed by atoms with E-state index in [0.29, 0.717) is 22.9 Å². The summed E-state index contributed by atoms with van der Waals surface area (Å²) in [6.07, 6.45) is 2.76. The monoisotopic (exact) mass is 428 g/mol. The fraction of sp³-hybridized carbons (Fsp3) is 0.200. The summed E-state index contributed by atoms with van der Waals surface area (Å²) >= 11 is 0. The summed E-state index contributed by atoms with van der Waals surface area (Å²) in [4.78, 5) is 38.5. The minimum atomic E-state index is -0.584. The molecule has 0 saturated carbocycles. The molecule has 0 fully saturated rings. The molecule has 0 saturated heterocycles. The summed E-state index contributed by atoms with van der Waals surface area (Å²) < 4.78 is 1.33. The third-order valence-corrected chi connectivity index (χ3v) is 5.38. The van der Waals surface area contributed by atoms with E-state index in [9.17, 15) is 14.4 Å². The number of hydrazine groups is 1. The van der Waals surface area contributed by atoms with Crippen LogP contribution in [0, 0.1) is 0 Å². The van der Waals surface area contributed by atoms with E-state index in [1.165, 1.54) is 4.68 Å². The quantitative estimate of drug-likeness (QED) is 0.361. The van der Waals surface area contributed by atoms with Gasteiger partial charge in [0, 0.05) is 17.5 Å². The van der Waals surface area contributed by atoms with Crippen LogP contribution in [-0.2, 0) is 6.54 Å². The highest BCUT2D eigenvalue weighted by atomic mass is 16.2. The minimum absolute atomic E-state index is 0.0925. The van der Waals surface area contributed by atoms with Crippen LogP contribution < -0.4 is 16.4 Å². The van der Waals surface area contributed by atoms with Gasteiger partial charge in [-0.25, -0.2) is 4.68 Å². The average Bonchev–Trinajstić information content (AvgIpc) is 2.83. The summed E-state index contributed by atoms with van der Waals surface area (Å²) in [5, 5.41) is 6.90. The Hall–Kier alpha value is -4.00. The third kappa shape index (κ3) is 4.23. The molecule has 0 aliphatic carbocycles. The standard InChI is InChI=1S/C25H24N4O3/c1-2-3-8-16-29-25(32)21-14-7-6-13-19(21)22(28-29)24(31)27-26-23(30)20-15-9-11-17-10-4-5-12-18(17)20/h4-7,9-15H,2-3,8,16H2,1H3,(H,26,30)(H,27,31). The van der Waals surface area contributed by atoms with E-state index >= 15 is 0 Å². The van der Waals surface area contributed by atoms with Crippen LogP contribution >= 0.6 is 0 Å². The Morgan fingerprint density at radius 3 is 2.25 bits per heavy atom. The molecule has 7 heteroatoms. The summed E-state index contributed by atoms with van der Waals surface area (Å²) in [5.74, 6) is -1.02. The van der Waals surface area contributed by atoms with Gasteiger partial charge in [-0.15, -0.1) is 0 Å².